The van der Waals surface area contributed by atoms with Crippen molar-refractivity contribution < 1.29 is 25.2 Å². The van der Waals surface area contributed by atoms with Crippen LogP contribution in [-0.4, -0.2) is 44.7 Å². The van der Waals surface area contributed by atoms with Crippen molar-refractivity contribution in [2.75, 3.05) is 12.3 Å². The summed E-state index contributed by atoms with van der Waals surface area (Å²) in [5, 5.41) is 37.4. The van der Waals surface area contributed by atoms with Gasteiger partial charge in [0, 0.05) is 12.3 Å². The Morgan fingerprint density at radius 2 is 2.00 bits per heavy atom. The van der Waals surface area contributed by atoms with E-state index in [1.807, 2.05) is 0 Å². The molecule has 1 unspecified atom stereocenters. The topological polar surface area (TPSA) is 150 Å². The number of carbonyl (C=O) groups is 1. The maximum atomic E-state index is 10.6. The van der Waals surface area contributed by atoms with Crippen LogP contribution in [0.15, 0.2) is 17.0 Å². The second-order valence-corrected chi connectivity index (χ2v) is 4.96. The summed E-state index contributed by atoms with van der Waals surface area (Å²) in [7, 11) is 0. The van der Waals surface area contributed by atoms with Gasteiger partial charge in [0.1, 0.15) is 6.04 Å². The first-order chi connectivity index (χ1) is 8.86. The molecule has 0 spiro atoms. The summed E-state index contributed by atoms with van der Waals surface area (Å²) in [5.41, 5.74) is 11.0. The molecule has 7 nitrogen and oxygen atoms in total. The van der Waals surface area contributed by atoms with Crippen molar-refractivity contribution in [1.29, 1.82) is 0 Å². The fourth-order valence-electron chi connectivity index (χ4n) is 1.30. The molecular formula is C11H16N2O5S. The van der Waals surface area contributed by atoms with Crippen molar-refractivity contribution in [1.82, 2.24) is 0 Å². The van der Waals surface area contributed by atoms with E-state index < -0.39 is 23.9 Å². The Morgan fingerprint density at radius 1 is 1.37 bits per heavy atom. The van der Waals surface area contributed by atoms with Gasteiger partial charge in [0.2, 0.25) is 0 Å². The maximum absolute atomic E-state index is 10.6. The number of aliphatic hydroxyl groups is 1. The van der Waals surface area contributed by atoms with Crippen LogP contribution < -0.4 is 11.5 Å². The number of phenols is 2. The number of hydrogen-bond acceptors (Lipinski definition) is 7. The van der Waals surface area contributed by atoms with Gasteiger partial charge in [-0.2, -0.15) is 0 Å². The Kier molecular flexibility index (Phi) is 5.43. The zero-order valence-electron chi connectivity index (χ0n) is 9.98. The summed E-state index contributed by atoms with van der Waals surface area (Å²) in [6.07, 6.45) is -0.973. The van der Waals surface area contributed by atoms with Crippen molar-refractivity contribution in [3.8, 4) is 11.5 Å². The van der Waals surface area contributed by atoms with E-state index in [2.05, 4.69) is 0 Å². The number of aliphatic hydroxyl groups excluding tert-OH is 1. The molecule has 0 aliphatic heterocycles. The standard InChI is InChI=1S/C11H16N2O5S/c12-3-8(15)5-1-7(14)10(16)9(2-5)19-4-6(13)11(17)18/h1-2,6,8,14-16H,3-4,12-13H2,(H,17,18)/t6-,8?/m0/s1. The van der Waals surface area contributed by atoms with Crippen LogP contribution in [0.3, 0.4) is 0 Å². The highest BCUT2D eigenvalue weighted by atomic mass is 32.2. The van der Waals surface area contributed by atoms with Gasteiger partial charge in [0.05, 0.1) is 11.0 Å². The summed E-state index contributed by atoms with van der Waals surface area (Å²) in [6, 6.07) is 1.55. The van der Waals surface area contributed by atoms with E-state index in [-0.39, 0.29) is 22.9 Å². The van der Waals surface area contributed by atoms with Crippen LogP contribution in [0.5, 0.6) is 11.5 Å². The van der Waals surface area contributed by atoms with E-state index in [0.717, 1.165) is 11.8 Å². The lowest BCUT2D eigenvalue weighted by molar-refractivity contribution is -0.137. The Hall–Kier alpha value is -1.48. The maximum Gasteiger partial charge on any atom is 0.321 e. The average molecular weight is 288 g/mol. The highest BCUT2D eigenvalue weighted by molar-refractivity contribution is 7.99. The van der Waals surface area contributed by atoms with E-state index in [1.54, 1.807) is 0 Å². The molecule has 0 bridgehead atoms. The van der Waals surface area contributed by atoms with Gasteiger partial charge in [-0.3, -0.25) is 4.79 Å². The fraction of sp³-hybridized carbons (Fsp3) is 0.364. The molecular weight excluding hydrogens is 272 g/mol. The van der Waals surface area contributed by atoms with Crippen LogP contribution in [0.1, 0.15) is 11.7 Å². The highest BCUT2D eigenvalue weighted by Crippen LogP contribution is 2.38. The van der Waals surface area contributed by atoms with Crippen molar-refractivity contribution in [2.45, 2.75) is 17.0 Å². The van der Waals surface area contributed by atoms with E-state index in [4.69, 9.17) is 16.6 Å². The molecule has 0 aliphatic rings. The van der Waals surface area contributed by atoms with Crippen LogP contribution in [-0.2, 0) is 4.79 Å². The summed E-state index contributed by atoms with van der Waals surface area (Å²) in [4.78, 5) is 10.8. The quantitative estimate of drug-likeness (QED) is 0.305. The van der Waals surface area contributed by atoms with Crippen LogP contribution in [0.25, 0.3) is 0 Å². The first-order valence-corrected chi connectivity index (χ1v) is 6.40. The highest BCUT2D eigenvalue weighted by Gasteiger charge is 2.17. The number of phenolic OH excluding ortho intramolecular Hbond substituents is 2. The molecule has 106 valence electrons. The van der Waals surface area contributed by atoms with Gasteiger partial charge < -0.3 is 31.9 Å². The Bertz CT molecular complexity index is 469. The van der Waals surface area contributed by atoms with Gasteiger partial charge in [-0.05, 0) is 17.7 Å². The molecule has 1 rings (SSSR count). The molecule has 8 N–H and O–H groups in total. The lowest BCUT2D eigenvalue weighted by Gasteiger charge is -2.13. The van der Waals surface area contributed by atoms with Crippen LogP contribution in [0.2, 0.25) is 0 Å². The van der Waals surface area contributed by atoms with Crippen molar-refractivity contribution in [3.05, 3.63) is 17.7 Å². The molecule has 19 heavy (non-hydrogen) atoms. The molecule has 0 aliphatic carbocycles. The third-order valence-corrected chi connectivity index (χ3v) is 3.57. The SMILES string of the molecule is NCC(O)c1cc(O)c(O)c(SC[C@H](N)C(=O)O)c1. The molecule has 2 atom stereocenters. The Balaban J connectivity index is 2.93. The minimum absolute atomic E-state index is 0.0184. The number of aromatic hydroxyl groups is 2. The van der Waals surface area contributed by atoms with Crippen LogP contribution >= 0.6 is 11.8 Å². The van der Waals surface area contributed by atoms with E-state index >= 15 is 0 Å². The number of carboxylic acid groups (broad SMARTS) is 1. The largest absolute Gasteiger partial charge is 0.504 e. The number of nitrogens with two attached hydrogens (primary N) is 2. The molecule has 8 heteroatoms. The van der Waals surface area contributed by atoms with Crippen molar-refractivity contribution >= 4 is 17.7 Å². The van der Waals surface area contributed by atoms with Gasteiger partial charge >= 0.3 is 5.97 Å². The summed E-state index contributed by atoms with van der Waals surface area (Å²) < 4.78 is 0. The molecule has 0 amide bonds. The second kappa shape index (κ2) is 6.62. The predicted octanol–water partition coefficient (Wildman–Crippen LogP) is -0.406. The predicted molar refractivity (Wildman–Crippen MR) is 70.1 cm³/mol. The lowest BCUT2D eigenvalue weighted by Crippen LogP contribution is -2.32. The number of thioether (sulfide) groups is 1. The second-order valence-electron chi connectivity index (χ2n) is 3.89. The average Bonchev–Trinajstić information content (AvgIpc) is 2.38. The summed E-state index contributed by atoms with van der Waals surface area (Å²) >= 11 is 0.972. The molecule has 0 radical (unpaired) electrons. The molecule has 0 fully saturated rings. The van der Waals surface area contributed by atoms with E-state index in [9.17, 15) is 20.1 Å². The molecule has 1 aromatic rings. The van der Waals surface area contributed by atoms with Crippen molar-refractivity contribution in [3.63, 3.8) is 0 Å². The first-order valence-electron chi connectivity index (χ1n) is 5.42. The Labute approximate surface area is 113 Å². The number of hydrogen-bond donors (Lipinski definition) is 6. The third-order valence-electron chi connectivity index (χ3n) is 2.42. The normalized spacial score (nSPS) is 14.1. The molecule has 0 heterocycles. The minimum Gasteiger partial charge on any atom is -0.504 e. The fourth-order valence-corrected chi connectivity index (χ4v) is 2.27. The number of carboxylic acids is 1. The monoisotopic (exact) mass is 288 g/mol. The summed E-state index contributed by atoms with van der Waals surface area (Å²) in [5.74, 6) is -1.92. The number of aliphatic carboxylic acids is 1. The molecule has 0 aromatic heterocycles. The Morgan fingerprint density at radius 3 is 2.53 bits per heavy atom. The molecule has 1 aromatic carbocycles. The minimum atomic E-state index is -1.16. The van der Waals surface area contributed by atoms with Gasteiger partial charge in [-0.25, -0.2) is 0 Å². The third kappa shape index (κ3) is 4.00. The zero-order valence-corrected chi connectivity index (χ0v) is 10.8. The zero-order chi connectivity index (χ0) is 14.6. The van der Waals surface area contributed by atoms with Crippen molar-refractivity contribution in [2.24, 2.45) is 11.5 Å². The first kappa shape index (κ1) is 15.6. The number of rotatable bonds is 6. The van der Waals surface area contributed by atoms with E-state index in [1.165, 1.54) is 12.1 Å². The lowest BCUT2D eigenvalue weighted by atomic mass is 10.1. The van der Waals surface area contributed by atoms with Gasteiger partial charge in [-0.15, -0.1) is 11.8 Å². The van der Waals surface area contributed by atoms with Gasteiger partial charge in [0.25, 0.3) is 0 Å². The van der Waals surface area contributed by atoms with E-state index in [0.29, 0.717) is 5.56 Å². The van der Waals surface area contributed by atoms with Crippen LogP contribution in [0, 0.1) is 0 Å². The summed E-state index contributed by atoms with van der Waals surface area (Å²) in [6.45, 7) is -0.0387. The van der Waals surface area contributed by atoms with Crippen LogP contribution in [0.4, 0.5) is 0 Å². The van der Waals surface area contributed by atoms with Gasteiger partial charge in [0.15, 0.2) is 11.5 Å². The number of benzene rings is 1. The smallest absolute Gasteiger partial charge is 0.321 e. The van der Waals surface area contributed by atoms with Gasteiger partial charge in [-0.1, -0.05) is 0 Å². The molecule has 0 saturated carbocycles. The molecule has 0 saturated heterocycles.